The summed E-state index contributed by atoms with van der Waals surface area (Å²) in [7, 11) is -3.53. The van der Waals surface area contributed by atoms with E-state index >= 15 is 0 Å². The van der Waals surface area contributed by atoms with Crippen molar-refractivity contribution in [2.24, 2.45) is 16.5 Å². The molecule has 0 bridgehead atoms. The van der Waals surface area contributed by atoms with E-state index in [0.717, 1.165) is 5.75 Å². The van der Waals surface area contributed by atoms with Gasteiger partial charge in [-0.2, -0.15) is 0 Å². The number of primary sulfonamides is 1. The van der Waals surface area contributed by atoms with E-state index in [2.05, 4.69) is 0 Å². The van der Waals surface area contributed by atoms with Crippen LogP contribution < -0.4 is 14.6 Å². The first-order valence-corrected chi connectivity index (χ1v) is 8.69. The average Bonchev–Trinajstić information content (AvgIpc) is 2.33. The van der Waals surface area contributed by atoms with Gasteiger partial charge in [-0.25, -0.2) is 13.6 Å². The Morgan fingerprint density at radius 3 is 2.24 bits per heavy atom. The van der Waals surface area contributed by atoms with Gasteiger partial charge in [0.2, 0.25) is 10.0 Å². The van der Waals surface area contributed by atoms with Crippen LogP contribution in [0.15, 0.2) is 24.3 Å². The van der Waals surface area contributed by atoms with Crippen molar-refractivity contribution < 1.29 is 17.9 Å². The summed E-state index contributed by atoms with van der Waals surface area (Å²) in [5.74, 6) is 1.10. The summed E-state index contributed by atoms with van der Waals surface area (Å²) in [4.78, 5) is 0. The minimum absolute atomic E-state index is 0.0956. The third-order valence-electron chi connectivity index (χ3n) is 3.23. The second-order valence-electron chi connectivity index (χ2n) is 6.11. The van der Waals surface area contributed by atoms with Crippen molar-refractivity contribution in [3.63, 3.8) is 0 Å². The third-order valence-corrected chi connectivity index (χ3v) is 4.09. The lowest BCUT2D eigenvalue weighted by Crippen LogP contribution is -2.35. The number of nitrogens with two attached hydrogens (primary N) is 1. The third kappa shape index (κ3) is 6.82. The van der Waals surface area contributed by atoms with Crippen LogP contribution in [0.4, 0.5) is 0 Å². The van der Waals surface area contributed by atoms with Crippen LogP contribution in [0.2, 0.25) is 0 Å². The van der Waals surface area contributed by atoms with Crippen molar-refractivity contribution in [2.75, 3.05) is 19.0 Å². The molecule has 0 heterocycles. The van der Waals surface area contributed by atoms with Gasteiger partial charge in [-0.3, -0.25) is 0 Å². The normalized spacial score (nSPS) is 13.8. The average molecular weight is 315 g/mol. The van der Waals surface area contributed by atoms with Gasteiger partial charge < -0.3 is 9.47 Å². The molecule has 0 spiro atoms. The monoisotopic (exact) mass is 315 g/mol. The van der Waals surface area contributed by atoms with Crippen LogP contribution >= 0.6 is 0 Å². The molecule has 0 aliphatic carbocycles. The van der Waals surface area contributed by atoms with Crippen LogP contribution in [0.3, 0.4) is 0 Å². The molecule has 0 aliphatic heterocycles. The molecule has 5 nitrogen and oxygen atoms in total. The van der Waals surface area contributed by atoms with Crippen molar-refractivity contribution in [3.05, 3.63) is 24.3 Å². The van der Waals surface area contributed by atoms with Gasteiger partial charge in [-0.05, 0) is 24.5 Å². The van der Waals surface area contributed by atoms with Crippen LogP contribution in [0.25, 0.3) is 0 Å². The molecule has 120 valence electrons. The molecular formula is C15H25NO4S. The number of hydrogen-bond donors (Lipinski definition) is 1. The van der Waals surface area contributed by atoms with Crippen LogP contribution in [0.5, 0.6) is 11.5 Å². The Balaban J connectivity index is 2.75. The van der Waals surface area contributed by atoms with E-state index in [0.29, 0.717) is 12.4 Å². The maximum atomic E-state index is 11.3. The minimum atomic E-state index is -3.53. The summed E-state index contributed by atoms with van der Waals surface area (Å²) in [6, 6.07) is 7.30. The summed E-state index contributed by atoms with van der Waals surface area (Å²) >= 11 is 0. The molecule has 0 radical (unpaired) electrons. The van der Waals surface area contributed by atoms with Crippen LogP contribution in [-0.2, 0) is 10.0 Å². The maximum absolute atomic E-state index is 11.3. The Kier molecular flexibility index (Phi) is 6.04. The molecule has 2 N–H and O–H groups in total. The standard InChI is InChI=1S/C15H25NO4S/c1-5-19-13-7-6-8-14(9-13)20-10-12(15(2,3)4)11-21(16,17)18/h6-9,12H,5,10-11H2,1-4H3,(H2,16,17,18). The quantitative estimate of drug-likeness (QED) is 0.838. The molecular weight excluding hydrogens is 290 g/mol. The first-order valence-electron chi connectivity index (χ1n) is 6.98. The van der Waals surface area contributed by atoms with Gasteiger partial charge in [-0.1, -0.05) is 26.8 Å². The highest BCUT2D eigenvalue weighted by atomic mass is 32.2. The molecule has 0 saturated heterocycles. The van der Waals surface area contributed by atoms with Crippen LogP contribution in [0.1, 0.15) is 27.7 Å². The van der Waals surface area contributed by atoms with Crippen LogP contribution in [0, 0.1) is 11.3 Å². The molecule has 0 amide bonds. The van der Waals surface area contributed by atoms with E-state index < -0.39 is 10.0 Å². The summed E-state index contributed by atoms with van der Waals surface area (Å²) in [5.41, 5.74) is -0.218. The molecule has 1 aromatic carbocycles. The summed E-state index contributed by atoms with van der Waals surface area (Å²) in [6.07, 6.45) is 0. The Bertz CT molecular complexity index is 549. The molecule has 6 heteroatoms. The van der Waals surface area contributed by atoms with Crippen molar-refractivity contribution in [1.82, 2.24) is 0 Å². The first-order chi connectivity index (χ1) is 9.62. The lowest BCUT2D eigenvalue weighted by atomic mass is 9.82. The molecule has 1 rings (SSSR count). The van der Waals surface area contributed by atoms with Crippen molar-refractivity contribution in [3.8, 4) is 11.5 Å². The predicted molar refractivity (Wildman–Crippen MR) is 84.0 cm³/mol. The maximum Gasteiger partial charge on any atom is 0.209 e. The number of sulfonamides is 1. The summed E-state index contributed by atoms with van der Waals surface area (Å²) in [6.45, 7) is 8.71. The van der Waals surface area contributed by atoms with Crippen molar-refractivity contribution >= 4 is 10.0 Å². The van der Waals surface area contributed by atoms with Crippen LogP contribution in [-0.4, -0.2) is 27.4 Å². The number of hydrogen-bond acceptors (Lipinski definition) is 4. The zero-order chi connectivity index (χ0) is 16.1. The highest BCUT2D eigenvalue weighted by molar-refractivity contribution is 7.89. The lowest BCUT2D eigenvalue weighted by Gasteiger charge is -2.29. The summed E-state index contributed by atoms with van der Waals surface area (Å²) in [5, 5.41) is 5.16. The number of benzene rings is 1. The van der Waals surface area contributed by atoms with Crippen molar-refractivity contribution in [2.45, 2.75) is 27.7 Å². The molecule has 1 atom stereocenters. The molecule has 0 aromatic heterocycles. The topological polar surface area (TPSA) is 78.6 Å². The molecule has 0 saturated carbocycles. The van der Waals surface area contributed by atoms with Crippen molar-refractivity contribution in [1.29, 1.82) is 0 Å². The fourth-order valence-corrected chi connectivity index (χ4v) is 3.00. The number of rotatable bonds is 7. The largest absolute Gasteiger partial charge is 0.494 e. The van der Waals surface area contributed by atoms with Gasteiger partial charge in [0.05, 0.1) is 19.0 Å². The second kappa shape index (κ2) is 7.13. The van der Waals surface area contributed by atoms with Gasteiger partial charge in [0.25, 0.3) is 0 Å². The number of ether oxygens (including phenoxy) is 2. The van der Waals surface area contributed by atoms with E-state index in [1.807, 2.05) is 45.9 Å². The fraction of sp³-hybridized carbons (Fsp3) is 0.600. The lowest BCUT2D eigenvalue weighted by molar-refractivity contribution is 0.163. The van der Waals surface area contributed by atoms with Gasteiger partial charge in [-0.15, -0.1) is 0 Å². The second-order valence-corrected chi connectivity index (χ2v) is 7.77. The zero-order valence-corrected chi connectivity index (χ0v) is 13.9. The molecule has 0 aliphatic rings. The molecule has 1 aromatic rings. The highest BCUT2D eigenvalue weighted by Crippen LogP contribution is 2.28. The predicted octanol–water partition coefficient (Wildman–Crippen LogP) is 2.41. The van der Waals surface area contributed by atoms with Gasteiger partial charge in [0.1, 0.15) is 11.5 Å². The van der Waals surface area contributed by atoms with Gasteiger partial charge in [0, 0.05) is 12.0 Å². The Hall–Kier alpha value is -1.27. The summed E-state index contributed by atoms with van der Waals surface area (Å²) < 4.78 is 33.8. The Morgan fingerprint density at radius 1 is 1.19 bits per heavy atom. The Labute approximate surface area is 127 Å². The first kappa shape index (κ1) is 17.8. The van der Waals surface area contributed by atoms with E-state index in [9.17, 15) is 8.42 Å². The SMILES string of the molecule is CCOc1cccc(OCC(CS(N)(=O)=O)C(C)(C)C)c1. The Morgan fingerprint density at radius 2 is 1.76 bits per heavy atom. The van der Waals surface area contributed by atoms with E-state index in [1.54, 1.807) is 6.07 Å². The molecule has 21 heavy (non-hydrogen) atoms. The van der Waals surface area contributed by atoms with E-state index in [4.69, 9.17) is 14.6 Å². The van der Waals surface area contributed by atoms with Gasteiger partial charge in [0.15, 0.2) is 0 Å². The van der Waals surface area contributed by atoms with E-state index in [1.165, 1.54) is 0 Å². The minimum Gasteiger partial charge on any atom is -0.494 e. The van der Waals surface area contributed by atoms with E-state index in [-0.39, 0.29) is 23.7 Å². The molecule has 0 fully saturated rings. The molecule has 1 unspecified atom stereocenters. The van der Waals surface area contributed by atoms with Gasteiger partial charge >= 0.3 is 0 Å². The zero-order valence-electron chi connectivity index (χ0n) is 13.1. The fourth-order valence-electron chi connectivity index (χ4n) is 1.85. The smallest absolute Gasteiger partial charge is 0.209 e. The highest BCUT2D eigenvalue weighted by Gasteiger charge is 2.29.